The van der Waals surface area contributed by atoms with Crippen molar-refractivity contribution in [1.29, 1.82) is 0 Å². The predicted molar refractivity (Wildman–Crippen MR) is 85.5 cm³/mol. The molecule has 1 nitrogen and oxygen atoms in total. The summed E-state index contributed by atoms with van der Waals surface area (Å²) in [5, 5.41) is 0.238. The standard InChI is InChI=1S/C17H26OSi/c1-12-11-14-9-8-10-15(14)13(2)16(12)18-19(6,7)17(3,4)5/h8-11,15H,1-7H3. The molecule has 0 fully saturated rings. The molecule has 0 aromatic carbocycles. The van der Waals surface area contributed by atoms with Gasteiger partial charge in [-0.2, -0.15) is 0 Å². The smallest absolute Gasteiger partial charge is 0.250 e. The lowest BCUT2D eigenvalue weighted by Gasteiger charge is -2.39. The van der Waals surface area contributed by atoms with Crippen LogP contribution in [-0.2, 0) is 4.43 Å². The summed E-state index contributed by atoms with van der Waals surface area (Å²) in [6, 6.07) is 0. The Kier molecular flexibility index (Phi) is 3.42. The highest BCUT2D eigenvalue weighted by Crippen LogP contribution is 2.43. The van der Waals surface area contributed by atoms with Crippen molar-refractivity contribution >= 4 is 8.32 Å². The van der Waals surface area contributed by atoms with Gasteiger partial charge in [0, 0.05) is 5.92 Å². The van der Waals surface area contributed by atoms with Crippen LogP contribution in [-0.4, -0.2) is 8.32 Å². The second kappa shape index (κ2) is 4.52. The number of fused-ring (bicyclic) bond motifs is 1. The molecule has 0 aromatic heterocycles. The Bertz CT molecular complexity index is 510. The van der Waals surface area contributed by atoms with Crippen LogP contribution in [0.4, 0.5) is 0 Å². The lowest BCUT2D eigenvalue weighted by Crippen LogP contribution is -2.41. The lowest BCUT2D eigenvalue weighted by atomic mass is 9.86. The van der Waals surface area contributed by atoms with Crippen LogP contribution in [0.5, 0.6) is 0 Å². The van der Waals surface area contributed by atoms with Gasteiger partial charge in [-0.05, 0) is 48.7 Å². The van der Waals surface area contributed by atoms with Crippen LogP contribution in [0.25, 0.3) is 0 Å². The molecule has 104 valence electrons. The Balaban J connectivity index is 2.35. The first-order valence-corrected chi connectivity index (χ1v) is 10.0. The van der Waals surface area contributed by atoms with Crippen LogP contribution in [0.1, 0.15) is 34.6 Å². The average molecular weight is 274 g/mol. The van der Waals surface area contributed by atoms with E-state index in [0.29, 0.717) is 5.92 Å². The summed E-state index contributed by atoms with van der Waals surface area (Å²) in [7, 11) is -1.76. The molecule has 0 saturated carbocycles. The third-order valence-electron chi connectivity index (χ3n) is 4.68. The molecule has 1 atom stereocenters. The highest BCUT2D eigenvalue weighted by atomic mass is 28.4. The van der Waals surface area contributed by atoms with Crippen molar-refractivity contribution in [2.24, 2.45) is 5.92 Å². The normalized spacial score (nSPS) is 23.2. The van der Waals surface area contributed by atoms with Gasteiger partial charge in [0.05, 0.1) is 0 Å². The number of allylic oxidation sites excluding steroid dienone is 7. The molecule has 0 heterocycles. The molecule has 0 bridgehead atoms. The van der Waals surface area contributed by atoms with Gasteiger partial charge in [0.2, 0.25) is 8.32 Å². The molecule has 2 rings (SSSR count). The SMILES string of the molecule is CC1=CC2=CC=CC2C(C)=C1O[Si](C)(C)C(C)(C)C. The van der Waals surface area contributed by atoms with Crippen molar-refractivity contribution in [3.8, 4) is 0 Å². The fraction of sp³-hybridized carbons (Fsp3) is 0.529. The summed E-state index contributed by atoms with van der Waals surface area (Å²) >= 11 is 0. The summed E-state index contributed by atoms with van der Waals surface area (Å²) in [6.07, 6.45) is 8.91. The van der Waals surface area contributed by atoms with Crippen molar-refractivity contribution in [2.75, 3.05) is 0 Å². The summed E-state index contributed by atoms with van der Waals surface area (Å²) in [4.78, 5) is 0. The molecule has 0 aliphatic heterocycles. The molecule has 19 heavy (non-hydrogen) atoms. The maximum absolute atomic E-state index is 6.57. The lowest BCUT2D eigenvalue weighted by molar-refractivity contribution is 0.382. The van der Waals surface area contributed by atoms with Crippen molar-refractivity contribution in [3.63, 3.8) is 0 Å². The molecule has 1 unspecified atom stereocenters. The largest absolute Gasteiger partial charge is 0.543 e. The average Bonchev–Trinajstić information content (AvgIpc) is 2.70. The van der Waals surface area contributed by atoms with Gasteiger partial charge in [-0.25, -0.2) is 0 Å². The van der Waals surface area contributed by atoms with Crippen LogP contribution in [0.2, 0.25) is 18.1 Å². The number of hydrogen-bond acceptors (Lipinski definition) is 1. The molecule has 0 spiro atoms. The second-order valence-corrected chi connectivity index (χ2v) is 12.0. The molecule has 2 heteroatoms. The predicted octanol–water partition coefficient (Wildman–Crippen LogP) is 5.35. The van der Waals surface area contributed by atoms with Gasteiger partial charge in [0.1, 0.15) is 5.76 Å². The molecule has 0 N–H and O–H groups in total. The Labute approximate surface area is 118 Å². The van der Waals surface area contributed by atoms with E-state index in [4.69, 9.17) is 4.43 Å². The van der Waals surface area contributed by atoms with E-state index >= 15 is 0 Å². The van der Waals surface area contributed by atoms with E-state index in [-0.39, 0.29) is 5.04 Å². The summed E-state index contributed by atoms with van der Waals surface area (Å²) < 4.78 is 6.57. The topological polar surface area (TPSA) is 9.23 Å². The summed E-state index contributed by atoms with van der Waals surface area (Å²) in [5.41, 5.74) is 4.04. The quantitative estimate of drug-likeness (QED) is 0.616. The first-order chi connectivity index (χ1) is 8.63. The molecule has 2 aliphatic carbocycles. The van der Waals surface area contributed by atoms with Gasteiger partial charge in [-0.1, -0.05) is 45.1 Å². The van der Waals surface area contributed by atoms with E-state index in [2.05, 4.69) is 72.0 Å². The molecular weight excluding hydrogens is 248 g/mol. The molecule has 0 saturated heterocycles. The van der Waals surface area contributed by atoms with Gasteiger partial charge in [-0.3, -0.25) is 0 Å². The van der Waals surface area contributed by atoms with Gasteiger partial charge < -0.3 is 4.43 Å². The van der Waals surface area contributed by atoms with E-state index in [9.17, 15) is 0 Å². The van der Waals surface area contributed by atoms with Crippen LogP contribution >= 0.6 is 0 Å². The van der Waals surface area contributed by atoms with Gasteiger partial charge >= 0.3 is 0 Å². The Hall–Kier alpha value is -1.02. The third kappa shape index (κ3) is 2.51. The summed E-state index contributed by atoms with van der Waals surface area (Å²) in [5.74, 6) is 1.57. The summed E-state index contributed by atoms with van der Waals surface area (Å²) in [6.45, 7) is 15.9. The molecule has 2 aliphatic rings. The van der Waals surface area contributed by atoms with Crippen molar-refractivity contribution < 1.29 is 4.43 Å². The molecule has 0 aromatic rings. The minimum absolute atomic E-state index is 0.238. The van der Waals surface area contributed by atoms with E-state index < -0.39 is 8.32 Å². The van der Waals surface area contributed by atoms with Crippen LogP contribution in [0.3, 0.4) is 0 Å². The van der Waals surface area contributed by atoms with Crippen molar-refractivity contribution in [2.45, 2.75) is 52.8 Å². The highest BCUT2D eigenvalue weighted by Gasteiger charge is 2.40. The maximum atomic E-state index is 6.57. The Morgan fingerprint density at radius 2 is 1.79 bits per heavy atom. The third-order valence-corrected chi connectivity index (χ3v) is 9.01. The first-order valence-electron chi connectivity index (χ1n) is 7.10. The minimum atomic E-state index is -1.76. The Morgan fingerprint density at radius 3 is 2.37 bits per heavy atom. The zero-order valence-corrected chi connectivity index (χ0v) is 14.3. The van der Waals surface area contributed by atoms with E-state index in [0.717, 1.165) is 5.76 Å². The highest BCUT2D eigenvalue weighted by molar-refractivity contribution is 6.74. The molecule has 0 radical (unpaired) electrons. The first kappa shape index (κ1) is 14.4. The maximum Gasteiger partial charge on any atom is 0.250 e. The zero-order valence-electron chi connectivity index (χ0n) is 13.3. The van der Waals surface area contributed by atoms with Crippen molar-refractivity contribution in [1.82, 2.24) is 0 Å². The van der Waals surface area contributed by atoms with Gasteiger partial charge in [0.15, 0.2) is 0 Å². The van der Waals surface area contributed by atoms with E-state index in [1.54, 1.807) is 0 Å². The zero-order chi connectivity index (χ0) is 14.4. The Morgan fingerprint density at radius 1 is 1.16 bits per heavy atom. The van der Waals surface area contributed by atoms with Crippen LogP contribution < -0.4 is 0 Å². The van der Waals surface area contributed by atoms with Crippen molar-refractivity contribution in [3.05, 3.63) is 46.8 Å². The van der Waals surface area contributed by atoms with E-state index in [1.807, 2.05) is 0 Å². The van der Waals surface area contributed by atoms with E-state index in [1.165, 1.54) is 16.7 Å². The number of rotatable bonds is 2. The second-order valence-electron chi connectivity index (χ2n) is 7.23. The van der Waals surface area contributed by atoms with Crippen LogP contribution in [0.15, 0.2) is 46.8 Å². The fourth-order valence-corrected chi connectivity index (χ4v) is 3.50. The number of hydrogen-bond donors (Lipinski definition) is 0. The van der Waals surface area contributed by atoms with Crippen LogP contribution in [0, 0.1) is 5.92 Å². The van der Waals surface area contributed by atoms with Gasteiger partial charge in [0.25, 0.3) is 0 Å². The molecule has 0 amide bonds. The monoisotopic (exact) mass is 274 g/mol. The molecular formula is C17H26OSi. The minimum Gasteiger partial charge on any atom is -0.543 e. The fourth-order valence-electron chi connectivity index (χ4n) is 2.36. The van der Waals surface area contributed by atoms with Gasteiger partial charge in [-0.15, -0.1) is 0 Å².